The molecule has 5 nitrogen and oxygen atoms in total. The Labute approximate surface area is 110 Å². The molecule has 1 aliphatic heterocycles. The highest BCUT2D eigenvalue weighted by molar-refractivity contribution is 6.31. The van der Waals surface area contributed by atoms with Crippen LogP contribution in [0.2, 0.25) is 5.02 Å². The Morgan fingerprint density at radius 1 is 1.56 bits per heavy atom. The van der Waals surface area contributed by atoms with Gasteiger partial charge in [-0.25, -0.2) is 4.99 Å². The third-order valence-corrected chi connectivity index (χ3v) is 2.99. The molecule has 1 aliphatic rings. The average molecular weight is 269 g/mol. The van der Waals surface area contributed by atoms with Gasteiger partial charge in [0.25, 0.3) is 5.69 Å². The predicted molar refractivity (Wildman–Crippen MR) is 69.3 cm³/mol. The molecule has 0 N–H and O–H groups in total. The minimum absolute atomic E-state index is 0.00138. The summed E-state index contributed by atoms with van der Waals surface area (Å²) in [6, 6.07) is 4.62. The van der Waals surface area contributed by atoms with Gasteiger partial charge in [0.05, 0.1) is 27.5 Å². The third-order valence-electron chi connectivity index (χ3n) is 2.64. The van der Waals surface area contributed by atoms with Gasteiger partial charge in [0.1, 0.15) is 6.61 Å². The van der Waals surface area contributed by atoms with Crippen LogP contribution >= 0.6 is 11.6 Å². The fourth-order valence-corrected chi connectivity index (χ4v) is 2.03. The summed E-state index contributed by atoms with van der Waals surface area (Å²) in [7, 11) is 0. The minimum atomic E-state index is -0.443. The smallest absolute Gasteiger partial charge is 0.274 e. The molecule has 0 aromatic heterocycles. The molecule has 0 fully saturated rings. The highest BCUT2D eigenvalue weighted by Gasteiger charge is 2.28. The maximum absolute atomic E-state index is 10.9. The van der Waals surface area contributed by atoms with Gasteiger partial charge < -0.3 is 4.74 Å². The van der Waals surface area contributed by atoms with E-state index < -0.39 is 4.92 Å². The normalized spacial score (nSPS) is 17.2. The van der Waals surface area contributed by atoms with Crippen LogP contribution in [0.4, 0.5) is 5.69 Å². The number of nitro benzene ring substituents is 1. The Hall–Kier alpha value is -1.62. The van der Waals surface area contributed by atoms with Crippen LogP contribution in [0.3, 0.4) is 0 Å². The number of nitrogens with zero attached hydrogens (tertiary/aromatic N) is 2. The summed E-state index contributed by atoms with van der Waals surface area (Å²) in [6.45, 7) is 4.38. The summed E-state index contributed by atoms with van der Waals surface area (Å²) in [6.07, 6.45) is 0.249. The first-order valence-corrected chi connectivity index (χ1v) is 5.90. The first-order chi connectivity index (χ1) is 8.39. The first-order valence-electron chi connectivity index (χ1n) is 5.52. The summed E-state index contributed by atoms with van der Waals surface area (Å²) >= 11 is 6.01. The van der Waals surface area contributed by atoms with Crippen LogP contribution in [0.5, 0.6) is 0 Å². The Morgan fingerprint density at radius 3 is 2.83 bits per heavy atom. The molecule has 0 atom stereocenters. The number of halogens is 1. The lowest BCUT2D eigenvalue weighted by atomic mass is 10.1. The van der Waals surface area contributed by atoms with E-state index in [1.165, 1.54) is 6.07 Å². The van der Waals surface area contributed by atoms with Crippen LogP contribution < -0.4 is 0 Å². The summed E-state index contributed by atoms with van der Waals surface area (Å²) < 4.78 is 5.43. The molecule has 0 spiro atoms. The molecule has 0 aliphatic carbocycles. The van der Waals surface area contributed by atoms with E-state index in [1.807, 2.05) is 13.8 Å². The van der Waals surface area contributed by atoms with Crippen LogP contribution in [0.15, 0.2) is 23.2 Å². The Kier molecular flexibility index (Phi) is 3.26. The van der Waals surface area contributed by atoms with E-state index in [-0.39, 0.29) is 17.6 Å². The standard InChI is InChI=1S/C12H13ClN2O3/c1-12(2)7-18-11(14-12)6-8-9(13)4-3-5-10(8)15(16)17/h3-5H,6-7H2,1-2H3. The van der Waals surface area contributed by atoms with Crippen molar-refractivity contribution in [1.29, 1.82) is 0 Å². The Balaban J connectivity index is 2.32. The van der Waals surface area contributed by atoms with Gasteiger partial charge in [0.15, 0.2) is 5.90 Å². The molecule has 18 heavy (non-hydrogen) atoms. The monoisotopic (exact) mass is 268 g/mol. The third kappa shape index (κ3) is 2.61. The first kappa shape index (κ1) is 12.8. The fraction of sp³-hybridized carbons (Fsp3) is 0.417. The molecule has 1 aromatic carbocycles. The van der Waals surface area contributed by atoms with Crippen molar-refractivity contribution in [1.82, 2.24) is 0 Å². The van der Waals surface area contributed by atoms with E-state index in [2.05, 4.69) is 4.99 Å². The van der Waals surface area contributed by atoms with Gasteiger partial charge in [-0.1, -0.05) is 17.7 Å². The Morgan fingerprint density at radius 2 is 2.28 bits per heavy atom. The lowest BCUT2D eigenvalue weighted by Crippen LogP contribution is -2.17. The average Bonchev–Trinajstić information content (AvgIpc) is 2.61. The van der Waals surface area contributed by atoms with Gasteiger partial charge in [-0.15, -0.1) is 0 Å². The quantitative estimate of drug-likeness (QED) is 0.625. The van der Waals surface area contributed by atoms with Crippen molar-refractivity contribution >= 4 is 23.2 Å². The lowest BCUT2D eigenvalue weighted by molar-refractivity contribution is -0.385. The van der Waals surface area contributed by atoms with Crippen LogP contribution in [0.25, 0.3) is 0 Å². The second-order valence-electron chi connectivity index (χ2n) is 4.78. The number of hydrogen-bond acceptors (Lipinski definition) is 4. The van der Waals surface area contributed by atoms with Crippen LogP contribution in [0, 0.1) is 10.1 Å². The number of benzene rings is 1. The van der Waals surface area contributed by atoms with Gasteiger partial charge in [-0.2, -0.15) is 0 Å². The molecule has 0 amide bonds. The van der Waals surface area contributed by atoms with Crippen molar-refractivity contribution in [2.45, 2.75) is 25.8 Å². The van der Waals surface area contributed by atoms with Gasteiger partial charge in [-0.3, -0.25) is 10.1 Å². The topological polar surface area (TPSA) is 64.7 Å². The molecule has 1 aromatic rings. The Bertz CT molecular complexity index is 526. The fourth-order valence-electron chi connectivity index (χ4n) is 1.80. The molecule has 0 radical (unpaired) electrons. The number of hydrogen-bond donors (Lipinski definition) is 0. The van der Waals surface area contributed by atoms with E-state index in [0.717, 1.165) is 0 Å². The molecular formula is C12H13ClN2O3. The zero-order valence-corrected chi connectivity index (χ0v) is 10.9. The maximum Gasteiger partial charge on any atom is 0.274 e. The van der Waals surface area contributed by atoms with E-state index in [9.17, 15) is 10.1 Å². The molecule has 6 heteroatoms. The van der Waals surface area contributed by atoms with E-state index in [1.54, 1.807) is 12.1 Å². The lowest BCUT2D eigenvalue weighted by Gasteiger charge is -2.07. The molecule has 96 valence electrons. The van der Waals surface area contributed by atoms with Crippen molar-refractivity contribution in [3.63, 3.8) is 0 Å². The second-order valence-corrected chi connectivity index (χ2v) is 5.19. The van der Waals surface area contributed by atoms with Crippen molar-refractivity contribution in [2.24, 2.45) is 4.99 Å². The molecule has 1 heterocycles. The largest absolute Gasteiger partial charge is 0.478 e. The maximum atomic E-state index is 10.9. The number of aliphatic imine (C=N–C) groups is 1. The highest BCUT2D eigenvalue weighted by atomic mass is 35.5. The number of rotatable bonds is 3. The molecule has 0 saturated carbocycles. The number of nitro groups is 1. The van der Waals surface area contributed by atoms with Gasteiger partial charge in [0, 0.05) is 6.07 Å². The molecule has 0 unspecified atom stereocenters. The SMILES string of the molecule is CC1(C)COC(Cc2c(Cl)cccc2[N+](=O)[O-])=N1. The second kappa shape index (κ2) is 4.57. The summed E-state index contributed by atoms with van der Waals surface area (Å²) in [5.41, 5.74) is 0.171. The van der Waals surface area contributed by atoms with Crippen molar-refractivity contribution in [3.8, 4) is 0 Å². The number of ether oxygens (including phenoxy) is 1. The van der Waals surface area contributed by atoms with E-state index in [0.29, 0.717) is 23.1 Å². The van der Waals surface area contributed by atoms with Gasteiger partial charge >= 0.3 is 0 Å². The van der Waals surface area contributed by atoms with E-state index >= 15 is 0 Å². The predicted octanol–water partition coefficient (Wildman–Crippen LogP) is 3.00. The molecular weight excluding hydrogens is 256 g/mol. The molecule has 0 bridgehead atoms. The van der Waals surface area contributed by atoms with Gasteiger partial charge in [-0.05, 0) is 19.9 Å². The highest BCUT2D eigenvalue weighted by Crippen LogP contribution is 2.28. The zero-order valence-electron chi connectivity index (χ0n) is 10.1. The van der Waals surface area contributed by atoms with Crippen molar-refractivity contribution < 1.29 is 9.66 Å². The van der Waals surface area contributed by atoms with Crippen LogP contribution in [-0.4, -0.2) is 23.0 Å². The van der Waals surface area contributed by atoms with Crippen molar-refractivity contribution in [3.05, 3.63) is 38.9 Å². The van der Waals surface area contributed by atoms with Gasteiger partial charge in [0.2, 0.25) is 0 Å². The summed E-state index contributed by atoms with van der Waals surface area (Å²) in [5.74, 6) is 0.496. The van der Waals surface area contributed by atoms with Crippen LogP contribution in [0.1, 0.15) is 19.4 Å². The summed E-state index contributed by atoms with van der Waals surface area (Å²) in [5, 5.41) is 11.3. The van der Waals surface area contributed by atoms with Crippen LogP contribution in [-0.2, 0) is 11.2 Å². The van der Waals surface area contributed by atoms with Crippen molar-refractivity contribution in [2.75, 3.05) is 6.61 Å². The summed E-state index contributed by atoms with van der Waals surface area (Å²) in [4.78, 5) is 14.9. The molecule has 2 rings (SSSR count). The molecule has 0 saturated heterocycles. The minimum Gasteiger partial charge on any atom is -0.478 e. The zero-order chi connectivity index (χ0) is 13.3. The van der Waals surface area contributed by atoms with E-state index in [4.69, 9.17) is 16.3 Å².